The summed E-state index contributed by atoms with van der Waals surface area (Å²) >= 11 is 0. The molecular weight excluding hydrogens is 330 g/mol. The van der Waals surface area contributed by atoms with E-state index in [1.165, 1.54) is 17.7 Å². The molecule has 0 spiro atoms. The number of hydrogen-bond acceptors (Lipinski definition) is 5. The largest absolute Gasteiger partial charge is 0.495 e. The van der Waals surface area contributed by atoms with Gasteiger partial charge in [-0.3, -0.25) is 4.79 Å². The Bertz CT molecular complexity index is 632. The second-order valence-electron chi connectivity index (χ2n) is 5.82. The highest BCUT2D eigenvalue weighted by molar-refractivity contribution is 7.88. The van der Waals surface area contributed by atoms with E-state index in [0.717, 1.165) is 6.54 Å². The highest BCUT2D eigenvalue weighted by atomic mass is 32.2. The normalized spacial score (nSPS) is 11.8. The summed E-state index contributed by atoms with van der Waals surface area (Å²) in [6.45, 7) is 1.35. The molecule has 7 nitrogen and oxygen atoms in total. The van der Waals surface area contributed by atoms with Gasteiger partial charge in [0.25, 0.3) is 0 Å². The molecule has 0 aliphatic heterocycles. The quantitative estimate of drug-likeness (QED) is 0.681. The number of nitrogens with zero attached hydrogens (tertiary/aromatic N) is 2. The standard InChI is InChI=1S/C16H27N3O4S/c1-18(2)11-7-12-19(24(4,21)22)13-10-16(20)17-14-8-5-6-9-15(14)23-3/h5-6,8-9H,7,10-13H2,1-4H3,(H,17,20). The van der Waals surface area contributed by atoms with Crippen LogP contribution in [0.5, 0.6) is 5.75 Å². The van der Waals surface area contributed by atoms with Crippen molar-refractivity contribution in [3.05, 3.63) is 24.3 Å². The van der Waals surface area contributed by atoms with E-state index in [4.69, 9.17) is 4.74 Å². The fourth-order valence-electron chi connectivity index (χ4n) is 2.19. The van der Waals surface area contributed by atoms with Crippen LogP contribution in [-0.4, -0.2) is 70.6 Å². The van der Waals surface area contributed by atoms with Crippen molar-refractivity contribution in [2.24, 2.45) is 0 Å². The van der Waals surface area contributed by atoms with E-state index in [0.29, 0.717) is 24.4 Å². The number of rotatable bonds is 10. The zero-order chi connectivity index (χ0) is 18.2. The minimum Gasteiger partial charge on any atom is -0.495 e. The third kappa shape index (κ3) is 7.29. The Labute approximate surface area is 144 Å². The van der Waals surface area contributed by atoms with E-state index in [1.807, 2.05) is 25.1 Å². The van der Waals surface area contributed by atoms with Crippen LogP contribution in [0.25, 0.3) is 0 Å². The van der Waals surface area contributed by atoms with Gasteiger partial charge in [0.1, 0.15) is 5.75 Å². The van der Waals surface area contributed by atoms with Crippen LogP contribution in [0.3, 0.4) is 0 Å². The monoisotopic (exact) mass is 357 g/mol. The van der Waals surface area contributed by atoms with Gasteiger partial charge in [0.15, 0.2) is 0 Å². The van der Waals surface area contributed by atoms with Gasteiger partial charge in [0.2, 0.25) is 15.9 Å². The predicted octanol–water partition coefficient (Wildman–Crippen LogP) is 1.24. The number of benzene rings is 1. The molecule has 0 bridgehead atoms. The van der Waals surface area contributed by atoms with Crippen LogP contribution in [0.1, 0.15) is 12.8 Å². The van der Waals surface area contributed by atoms with Crippen molar-refractivity contribution in [2.75, 3.05) is 52.4 Å². The maximum absolute atomic E-state index is 12.1. The fraction of sp³-hybridized carbons (Fsp3) is 0.562. The minimum absolute atomic E-state index is 0.0904. The van der Waals surface area contributed by atoms with Gasteiger partial charge in [0.05, 0.1) is 19.1 Å². The molecule has 0 radical (unpaired) electrons. The Kier molecular flexibility index (Phi) is 8.17. The molecule has 1 N–H and O–H groups in total. The Balaban J connectivity index is 2.58. The topological polar surface area (TPSA) is 79.0 Å². The molecule has 8 heteroatoms. The van der Waals surface area contributed by atoms with E-state index in [9.17, 15) is 13.2 Å². The number of amides is 1. The van der Waals surface area contributed by atoms with E-state index in [2.05, 4.69) is 5.32 Å². The number of anilines is 1. The van der Waals surface area contributed by atoms with Crippen LogP contribution in [0.2, 0.25) is 0 Å². The van der Waals surface area contributed by atoms with E-state index >= 15 is 0 Å². The third-order valence-corrected chi connectivity index (χ3v) is 4.75. The molecule has 0 heterocycles. The van der Waals surface area contributed by atoms with Gasteiger partial charge in [-0.05, 0) is 39.2 Å². The predicted molar refractivity (Wildman–Crippen MR) is 95.8 cm³/mol. The van der Waals surface area contributed by atoms with Gasteiger partial charge >= 0.3 is 0 Å². The average Bonchev–Trinajstić information content (AvgIpc) is 2.49. The highest BCUT2D eigenvalue weighted by Gasteiger charge is 2.18. The summed E-state index contributed by atoms with van der Waals surface area (Å²) in [5.41, 5.74) is 0.573. The highest BCUT2D eigenvalue weighted by Crippen LogP contribution is 2.23. The van der Waals surface area contributed by atoms with Crippen molar-refractivity contribution in [1.29, 1.82) is 0 Å². The Hall–Kier alpha value is -1.64. The van der Waals surface area contributed by atoms with Crippen molar-refractivity contribution in [2.45, 2.75) is 12.8 Å². The van der Waals surface area contributed by atoms with Gasteiger partial charge in [-0.25, -0.2) is 12.7 Å². The molecule has 1 amide bonds. The van der Waals surface area contributed by atoms with Crippen LogP contribution in [-0.2, 0) is 14.8 Å². The zero-order valence-electron chi connectivity index (χ0n) is 14.8. The minimum atomic E-state index is -3.33. The molecule has 0 aromatic heterocycles. The first-order valence-electron chi connectivity index (χ1n) is 7.76. The molecule has 24 heavy (non-hydrogen) atoms. The van der Waals surface area contributed by atoms with Crippen LogP contribution < -0.4 is 10.1 Å². The van der Waals surface area contributed by atoms with E-state index in [1.54, 1.807) is 18.2 Å². The number of sulfonamides is 1. The Morgan fingerprint density at radius 1 is 1.17 bits per heavy atom. The lowest BCUT2D eigenvalue weighted by atomic mass is 10.2. The molecule has 0 saturated carbocycles. The van der Waals surface area contributed by atoms with Crippen LogP contribution in [0.15, 0.2) is 24.3 Å². The average molecular weight is 357 g/mol. The van der Waals surface area contributed by atoms with Gasteiger partial charge in [-0.1, -0.05) is 12.1 Å². The molecule has 0 unspecified atom stereocenters. The van der Waals surface area contributed by atoms with Gasteiger partial charge in [-0.15, -0.1) is 0 Å². The Morgan fingerprint density at radius 2 is 1.83 bits per heavy atom. The molecule has 0 aliphatic carbocycles. The molecule has 0 aliphatic rings. The molecular formula is C16H27N3O4S. The van der Waals surface area contributed by atoms with Crippen LogP contribution in [0.4, 0.5) is 5.69 Å². The summed E-state index contributed by atoms with van der Waals surface area (Å²) < 4.78 is 30.2. The SMILES string of the molecule is COc1ccccc1NC(=O)CCN(CCCN(C)C)S(C)(=O)=O. The lowest BCUT2D eigenvalue weighted by molar-refractivity contribution is -0.116. The number of methoxy groups -OCH3 is 1. The Morgan fingerprint density at radius 3 is 2.42 bits per heavy atom. The number of carbonyl (C=O) groups is 1. The lowest BCUT2D eigenvalue weighted by Crippen LogP contribution is -2.35. The van der Waals surface area contributed by atoms with Crippen molar-refractivity contribution >= 4 is 21.6 Å². The third-order valence-electron chi connectivity index (χ3n) is 3.45. The number of carbonyl (C=O) groups excluding carboxylic acids is 1. The fourth-order valence-corrected chi connectivity index (χ4v) is 3.08. The van der Waals surface area contributed by atoms with Gasteiger partial charge < -0.3 is 15.0 Å². The molecule has 0 saturated heterocycles. The second kappa shape index (κ2) is 9.61. The van der Waals surface area contributed by atoms with E-state index < -0.39 is 10.0 Å². The number of hydrogen-bond donors (Lipinski definition) is 1. The van der Waals surface area contributed by atoms with E-state index in [-0.39, 0.29) is 18.9 Å². The zero-order valence-corrected chi connectivity index (χ0v) is 15.6. The summed E-state index contributed by atoms with van der Waals surface area (Å²) in [4.78, 5) is 14.1. The van der Waals surface area contributed by atoms with Gasteiger partial charge in [-0.2, -0.15) is 0 Å². The summed E-state index contributed by atoms with van der Waals surface area (Å²) in [5.74, 6) is 0.317. The van der Waals surface area contributed by atoms with Crippen LogP contribution >= 0.6 is 0 Å². The van der Waals surface area contributed by atoms with Crippen molar-refractivity contribution < 1.29 is 17.9 Å². The van der Waals surface area contributed by atoms with Crippen molar-refractivity contribution in [1.82, 2.24) is 9.21 Å². The summed E-state index contributed by atoms with van der Waals surface area (Å²) in [6, 6.07) is 7.09. The maximum Gasteiger partial charge on any atom is 0.225 e. The molecule has 136 valence electrons. The summed E-state index contributed by atoms with van der Waals surface area (Å²) in [6.07, 6.45) is 1.97. The van der Waals surface area contributed by atoms with Gasteiger partial charge in [0, 0.05) is 19.5 Å². The molecule has 1 rings (SSSR count). The summed E-state index contributed by atoms with van der Waals surface area (Å²) in [7, 11) is 2.07. The molecule has 0 fully saturated rings. The first-order chi connectivity index (χ1) is 11.2. The first-order valence-corrected chi connectivity index (χ1v) is 9.61. The molecule has 0 atom stereocenters. The van der Waals surface area contributed by atoms with Crippen molar-refractivity contribution in [3.63, 3.8) is 0 Å². The number of ether oxygens (including phenoxy) is 1. The van der Waals surface area contributed by atoms with Crippen molar-refractivity contribution in [3.8, 4) is 5.75 Å². The molecule has 1 aromatic rings. The van der Waals surface area contributed by atoms with Crippen LogP contribution in [0, 0.1) is 0 Å². The lowest BCUT2D eigenvalue weighted by Gasteiger charge is -2.20. The maximum atomic E-state index is 12.1. The molecule has 1 aromatic carbocycles. The smallest absolute Gasteiger partial charge is 0.225 e. The second-order valence-corrected chi connectivity index (χ2v) is 7.80. The summed E-state index contributed by atoms with van der Waals surface area (Å²) in [5, 5.41) is 2.75. The first kappa shape index (κ1) is 20.4. The number of para-hydroxylation sites is 2. The number of nitrogens with one attached hydrogen (secondary N) is 1.